The molecule has 0 spiro atoms. The highest BCUT2D eigenvalue weighted by molar-refractivity contribution is 6.30. The van der Waals surface area contributed by atoms with Crippen LogP contribution in [0.3, 0.4) is 0 Å². The van der Waals surface area contributed by atoms with E-state index < -0.39 is 0 Å². The Morgan fingerprint density at radius 1 is 1.00 bits per heavy atom. The Morgan fingerprint density at radius 3 is 2.18 bits per heavy atom. The number of benzene rings is 2. The zero-order valence-electron chi connectivity index (χ0n) is 9.56. The molecule has 2 rings (SSSR count). The molecule has 0 bridgehead atoms. The van der Waals surface area contributed by atoms with Crippen LogP contribution in [0.2, 0.25) is 5.02 Å². The Balaban J connectivity index is 0.00000144. The summed E-state index contributed by atoms with van der Waals surface area (Å²) >= 11 is 5.97. The van der Waals surface area contributed by atoms with Gasteiger partial charge in [0.25, 0.3) is 0 Å². The number of hydrogen-bond acceptors (Lipinski definition) is 1. The molecule has 0 unspecified atom stereocenters. The third kappa shape index (κ3) is 3.47. The van der Waals surface area contributed by atoms with Gasteiger partial charge in [-0.2, -0.15) is 0 Å². The first-order valence-electron chi connectivity index (χ1n) is 5.28. The van der Waals surface area contributed by atoms with E-state index in [2.05, 4.69) is 12.1 Å². The van der Waals surface area contributed by atoms with Gasteiger partial charge in [-0.05, 0) is 41.8 Å². The maximum Gasteiger partial charge on any atom is 0.0412 e. The highest BCUT2D eigenvalue weighted by Crippen LogP contribution is 2.24. The SMILES string of the molecule is C[C@H](N)c1cccc(-c2cccc(Cl)c2)c1.Cl. The summed E-state index contributed by atoms with van der Waals surface area (Å²) in [6.07, 6.45) is 0. The van der Waals surface area contributed by atoms with Crippen molar-refractivity contribution < 1.29 is 0 Å². The van der Waals surface area contributed by atoms with Crippen LogP contribution in [0.5, 0.6) is 0 Å². The van der Waals surface area contributed by atoms with Crippen LogP contribution in [-0.4, -0.2) is 0 Å². The first-order chi connectivity index (χ1) is 7.66. The maximum atomic E-state index is 5.97. The van der Waals surface area contributed by atoms with Gasteiger partial charge in [0.1, 0.15) is 0 Å². The van der Waals surface area contributed by atoms with E-state index in [4.69, 9.17) is 17.3 Å². The fourth-order valence-corrected chi connectivity index (χ4v) is 1.86. The van der Waals surface area contributed by atoms with E-state index in [0.717, 1.165) is 21.7 Å². The molecule has 2 aromatic rings. The lowest BCUT2D eigenvalue weighted by atomic mass is 10.0. The molecular formula is C14H15Cl2N. The summed E-state index contributed by atoms with van der Waals surface area (Å²) in [5, 5.41) is 0.753. The summed E-state index contributed by atoms with van der Waals surface area (Å²) in [6, 6.07) is 16.1. The van der Waals surface area contributed by atoms with Gasteiger partial charge in [-0.1, -0.05) is 41.9 Å². The molecule has 0 aliphatic heterocycles. The molecule has 2 N–H and O–H groups in total. The van der Waals surface area contributed by atoms with Crippen LogP contribution in [0.1, 0.15) is 18.5 Å². The number of rotatable bonds is 2. The van der Waals surface area contributed by atoms with Crippen molar-refractivity contribution in [3.05, 3.63) is 59.1 Å². The van der Waals surface area contributed by atoms with Crippen molar-refractivity contribution in [1.82, 2.24) is 0 Å². The zero-order valence-corrected chi connectivity index (χ0v) is 11.1. The summed E-state index contributed by atoms with van der Waals surface area (Å²) in [5.41, 5.74) is 9.27. The third-order valence-electron chi connectivity index (χ3n) is 2.57. The molecule has 0 amide bonds. The fraction of sp³-hybridized carbons (Fsp3) is 0.143. The van der Waals surface area contributed by atoms with Crippen molar-refractivity contribution in [2.24, 2.45) is 5.73 Å². The van der Waals surface area contributed by atoms with Gasteiger partial charge >= 0.3 is 0 Å². The monoisotopic (exact) mass is 267 g/mol. The van der Waals surface area contributed by atoms with Gasteiger partial charge in [-0.15, -0.1) is 12.4 Å². The second-order valence-electron chi connectivity index (χ2n) is 3.92. The average Bonchev–Trinajstić information content (AvgIpc) is 2.29. The van der Waals surface area contributed by atoms with Crippen molar-refractivity contribution >= 4 is 24.0 Å². The minimum Gasteiger partial charge on any atom is -0.324 e. The van der Waals surface area contributed by atoms with Gasteiger partial charge in [0.05, 0.1) is 0 Å². The Labute approximate surface area is 113 Å². The zero-order chi connectivity index (χ0) is 11.5. The number of halogens is 2. The van der Waals surface area contributed by atoms with E-state index in [-0.39, 0.29) is 18.4 Å². The lowest BCUT2D eigenvalue weighted by molar-refractivity contribution is 0.819. The van der Waals surface area contributed by atoms with Gasteiger partial charge in [-0.25, -0.2) is 0 Å². The van der Waals surface area contributed by atoms with Crippen molar-refractivity contribution in [1.29, 1.82) is 0 Å². The molecule has 2 aromatic carbocycles. The molecule has 0 saturated carbocycles. The molecule has 0 aliphatic carbocycles. The summed E-state index contributed by atoms with van der Waals surface area (Å²) in [4.78, 5) is 0. The van der Waals surface area contributed by atoms with Crippen molar-refractivity contribution in [3.63, 3.8) is 0 Å². The largest absolute Gasteiger partial charge is 0.324 e. The first-order valence-corrected chi connectivity index (χ1v) is 5.66. The van der Waals surface area contributed by atoms with Gasteiger partial charge in [0.2, 0.25) is 0 Å². The van der Waals surface area contributed by atoms with Crippen LogP contribution in [0, 0.1) is 0 Å². The standard InChI is InChI=1S/C14H14ClN.ClH/c1-10(16)11-4-2-5-12(8-11)13-6-3-7-14(15)9-13;/h2-10H,16H2,1H3;1H/t10-;/m0./s1. The summed E-state index contributed by atoms with van der Waals surface area (Å²) in [5.74, 6) is 0. The highest BCUT2D eigenvalue weighted by atomic mass is 35.5. The van der Waals surface area contributed by atoms with Crippen LogP contribution >= 0.6 is 24.0 Å². The Bertz CT molecular complexity index is 495. The lowest BCUT2D eigenvalue weighted by Gasteiger charge is -2.08. The minimum atomic E-state index is 0. The summed E-state index contributed by atoms with van der Waals surface area (Å²) < 4.78 is 0. The quantitative estimate of drug-likeness (QED) is 0.855. The van der Waals surface area contributed by atoms with E-state index in [0.29, 0.717) is 0 Å². The van der Waals surface area contributed by atoms with Crippen LogP contribution in [-0.2, 0) is 0 Å². The predicted molar refractivity (Wildman–Crippen MR) is 76.7 cm³/mol. The molecule has 1 nitrogen and oxygen atoms in total. The summed E-state index contributed by atoms with van der Waals surface area (Å²) in [6.45, 7) is 1.98. The van der Waals surface area contributed by atoms with Crippen LogP contribution in [0.25, 0.3) is 11.1 Å². The van der Waals surface area contributed by atoms with Gasteiger partial charge in [0, 0.05) is 11.1 Å². The predicted octanol–water partition coefficient (Wildman–Crippen LogP) is 4.45. The van der Waals surface area contributed by atoms with Crippen molar-refractivity contribution in [2.45, 2.75) is 13.0 Å². The molecule has 0 radical (unpaired) electrons. The molecule has 0 aliphatic rings. The van der Waals surface area contributed by atoms with Gasteiger partial charge in [-0.3, -0.25) is 0 Å². The minimum absolute atomic E-state index is 0. The summed E-state index contributed by atoms with van der Waals surface area (Å²) in [7, 11) is 0. The molecule has 0 fully saturated rings. The second-order valence-corrected chi connectivity index (χ2v) is 4.36. The number of nitrogens with two attached hydrogens (primary N) is 1. The van der Waals surface area contributed by atoms with Gasteiger partial charge < -0.3 is 5.73 Å². The molecule has 3 heteroatoms. The second kappa shape index (κ2) is 6.06. The molecule has 0 saturated heterocycles. The highest BCUT2D eigenvalue weighted by Gasteiger charge is 2.02. The lowest BCUT2D eigenvalue weighted by Crippen LogP contribution is -2.04. The smallest absolute Gasteiger partial charge is 0.0412 e. The van der Waals surface area contributed by atoms with Crippen LogP contribution < -0.4 is 5.73 Å². The van der Waals surface area contributed by atoms with Crippen molar-refractivity contribution in [2.75, 3.05) is 0 Å². The van der Waals surface area contributed by atoms with Crippen LogP contribution in [0.4, 0.5) is 0 Å². The third-order valence-corrected chi connectivity index (χ3v) is 2.81. The van der Waals surface area contributed by atoms with E-state index in [1.54, 1.807) is 0 Å². The molecule has 0 aromatic heterocycles. The molecule has 0 heterocycles. The van der Waals surface area contributed by atoms with Crippen LogP contribution in [0.15, 0.2) is 48.5 Å². The average molecular weight is 268 g/mol. The Hall–Kier alpha value is -1.02. The normalized spacial score (nSPS) is 11.7. The van der Waals surface area contributed by atoms with E-state index >= 15 is 0 Å². The topological polar surface area (TPSA) is 26.0 Å². The van der Waals surface area contributed by atoms with Crippen molar-refractivity contribution in [3.8, 4) is 11.1 Å². The number of hydrogen-bond donors (Lipinski definition) is 1. The molecular weight excluding hydrogens is 253 g/mol. The molecule has 17 heavy (non-hydrogen) atoms. The Kier molecular flexibility index (Phi) is 5.01. The van der Waals surface area contributed by atoms with Gasteiger partial charge in [0.15, 0.2) is 0 Å². The fourth-order valence-electron chi connectivity index (χ4n) is 1.67. The Morgan fingerprint density at radius 2 is 1.59 bits per heavy atom. The first kappa shape index (κ1) is 14.0. The van der Waals surface area contributed by atoms with E-state index in [1.165, 1.54) is 0 Å². The van der Waals surface area contributed by atoms with E-state index in [9.17, 15) is 0 Å². The molecule has 1 atom stereocenters. The molecule has 90 valence electrons. The maximum absolute atomic E-state index is 5.97. The van der Waals surface area contributed by atoms with E-state index in [1.807, 2.05) is 43.3 Å².